The summed E-state index contributed by atoms with van der Waals surface area (Å²) in [5, 5.41) is 16.8. The van der Waals surface area contributed by atoms with Crippen molar-refractivity contribution >= 4 is 28.7 Å². The van der Waals surface area contributed by atoms with Gasteiger partial charge in [0.2, 0.25) is 11.8 Å². The van der Waals surface area contributed by atoms with Crippen molar-refractivity contribution in [1.29, 1.82) is 0 Å². The highest BCUT2D eigenvalue weighted by Crippen LogP contribution is 2.15. The molecule has 9 nitrogen and oxygen atoms in total. The highest BCUT2D eigenvalue weighted by molar-refractivity contribution is 5.83. The van der Waals surface area contributed by atoms with Crippen LogP contribution in [0.2, 0.25) is 0 Å². The van der Waals surface area contributed by atoms with Gasteiger partial charge < -0.3 is 19.6 Å². The lowest BCUT2D eigenvalue weighted by Crippen LogP contribution is -2.51. The van der Waals surface area contributed by atoms with Crippen molar-refractivity contribution in [3.05, 3.63) is 30.0 Å². The summed E-state index contributed by atoms with van der Waals surface area (Å²) >= 11 is 0. The molecule has 1 atom stereocenters. The second kappa shape index (κ2) is 8.17. The summed E-state index contributed by atoms with van der Waals surface area (Å²) in [4.78, 5) is 38.1. The summed E-state index contributed by atoms with van der Waals surface area (Å²) in [5.41, 5.74) is 1.77. The number of carboxylic acids is 1. The van der Waals surface area contributed by atoms with Crippen molar-refractivity contribution in [3.63, 3.8) is 0 Å². The van der Waals surface area contributed by atoms with Gasteiger partial charge in [-0.05, 0) is 11.6 Å². The van der Waals surface area contributed by atoms with Gasteiger partial charge in [-0.3, -0.25) is 19.5 Å². The molecule has 2 aromatic rings. The summed E-state index contributed by atoms with van der Waals surface area (Å²) in [6, 6.07) is 5.72. The molecule has 0 saturated carbocycles. The Labute approximate surface area is 155 Å². The number of aromatic nitrogens is 2. The molecule has 1 aliphatic heterocycles. The zero-order chi connectivity index (χ0) is 19.4. The van der Waals surface area contributed by atoms with E-state index in [2.05, 4.69) is 10.2 Å². The molecule has 1 aromatic carbocycles. The quantitative estimate of drug-likeness (QED) is 0.750. The van der Waals surface area contributed by atoms with Gasteiger partial charge in [0.25, 0.3) is 0 Å². The second-order valence-electron chi connectivity index (χ2n) is 6.59. The van der Waals surface area contributed by atoms with Gasteiger partial charge in [0.05, 0.1) is 30.8 Å². The van der Waals surface area contributed by atoms with Gasteiger partial charge >= 0.3 is 5.97 Å². The summed E-state index contributed by atoms with van der Waals surface area (Å²) < 4.78 is 5.62. The number of nitrogens with one attached hydrogen (secondary N) is 1. The minimum Gasteiger partial charge on any atom is -0.480 e. The Hall–Kier alpha value is -2.94. The molecule has 1 unspecified atom stereocenters. The van der Waals surface area contributed by atoms with Crippen molar-refractivity contribution in [2.24, 2.45) is 0 Å². The van der Waals surface area contributed by atoms with Crippen LogP contribution in [0, 0.1) is 0 Å². The molecule has 2 N–H and O–H groups in total. The fraction of sp³-hybridized carbons (Fsp3) is 0.444. The number of amides is 2. The second-order valence-corrected chi connectivity index (χ2v) is 6.59. The van der Waals surface area contributed by atoms with Crippen LogP contribution in [-0.2, 0) is 25.5 Å². The third-order valence-corrected chi connectivity index (χ3v) is 4.55. The number of aromatic amines is 1. The van der Waals surface area contributed by atoms with Crippen molar-refractivity contribution in [2.45, 2.75) is 19.4 Å². The van der Waals surface area contributed by atoms with Gasteiger partial charge in [-0.15, -0.1) is 0 Å². The third kappa shape index (κ3) is 4.82. The van der Waals surface area contributed by atoms with E-state index in [1.54, 1.807) is 11.1 Å². The maximum absolute atomic E-state index is 12.7. The van der Waals surface area contributed by atoms with E-state index < -0.39 is 12.1 Å². The third-order valence-electron chi connectivity index (χ3n) is 4.55. The molecule has 1 saturated heterocycles. The lowest BCUT2D eigenvalue weighted by Gasteiger charge is -2.35. The number of fused-ring (bicyclic) bond motifs is 1. The molecule has 144 valence electrons. The molecule has 0 radical (unpaired) electrons. The molecule has 2 amide bonds. The number of morpholine rings is 1. The lowest BCUT2D eigenvalue weighted by molar-refractivity contribution is -0.147. The van der Waals surface area contributed by atoms with Crippen LogP contribution in [0.25, 0.3) is 10.9 Å². The zero-order valence-electron chi connectivity index (χ0n) is 15.1. The highest BCUT2D eigenvalue weighted by Gasteiger charge is 2.27. The standard InChI is InChI=1S/C18H22N4O5/c1-12(23)22(11-18(25)26)10-15-9-21(4-5-27-15)17(24)7-13-2-3-14-8-19-20-16(14)6-13/h2-3,6,8,15H,4-5,7,9-11H2,1H3,(H,19,20)(H,25,26). The number of aliphatic carboxylic acids is 1. The van der Waals surface area contributed by atoms with E-state index >= 15 is 0 Å². The number of ether oxygens (including phenoxy) is 1. The molecular weight excluding hydrogens is 352 g/mol. The van der Waals surface area contributed by atoms with Crippen LogP contribution >= 0.6 is 0 Å². The molecule has 0 aliphatic carbocycles. The van der Waals surface area contributed by atoms with E-state index in [-0.39, 0.29) is 31.3 Å². The Morgan fingerprint density at radius 3 is 2.96 bits per heavy atom. The van der Waals surface area contributed by atoms with Crippen LogP contribution in [-0.4, -0.2) is 81.8 Å². The molecule has 0 bridgehead atoms. The largest absolute Gasteiger partial charge is 0.480 e. The Kier molecular flexibility index (Phi) is 5.70. The van der Waals surface area contributed by atoms with Gasteiger partial charge in [0.15, 0.2) is 0 Å². The van der Waals surface area contributed by atoms with Crippen LogP contribution in [0.1, 0.15) is 12.5 Å². The molecule has 3 rings (SSSR count). The number of benzene rings is 1. The topological polar surface area (TPSA) is 116 Å². The summed E-state index contributed by atoms with van der Waals surface area (Å²) in [6.07, 6.45) is 1.58. The highest BCUT2D eigenvalue weighted by atomic mass is 16.5. The normalized spacial score (nSPS) is 17.1. The summed E-state index contributed by atoms with van der Waals surface area (Å²) in [7, 11) is 0. The fourth-order valence-corrected chi connectivity index (χ4v) is 3.15. The van der Waals surface area contributed by atoms with E-state index in [0.29, 0.717) is 19.7 Å². The van der Waals surface area contributed by atoms with Gasteiger partial charge in [-0.1, -0.05) is 12.1 Å². The predicted octanol–water partition coefficient (Wildman–Crippen LogP) is 0.266. The monoisotopic (exact) mass is 374 g/mol. The molecule has 27 heavy (non-hydrogen) atoms. The first-order valence-electron chi connectivity index (χ1n) is 8.71. The van der Waals surface area contributed by atoms with Crippen molar-refractivity contribution in [1.82, 2.24) is 20.0 Å². The van der Waals surface area contributed by atoms with Gasteiger partial charge in [0, 0.05) is 31.9 Å². The van der Waals surface area contributed by atoms with Gasteiger partial charge in [-0.2, -0.15) is 5.10 Å². The fourth-order valence-electron chi connectivity index (χ4n) is 3.15. The number of carboxylic acid groups (broad SMARTS) is 1. The smallest absolute Gasteiger partial charge is 0.323 e. The van der Waals surface area contributed by atoms with Crippen molar-refractivity contribution < 1.29 is 24.2 Å². The van der Waals surface area contributed by atoms with E-state index in [4.69, 9.17) is 9.84 Å². The van der Waals surface area contributed by atoms with Crippen molar-refractivity contribution in [2.75, 3.05) is 32.8 Å². The Balaban J connectivity index is 1.60. The first-order chi connectivity index (χ1) is 12.9. The minimum atomic E-state index is -1.08. The summed E-state index contributed by atoms with van der Waals surface area (Å²) in [6.45, 7) is 2.24. The lowest BCUT2D eigenvalue weighted by atomic mass is 10.1. The van der Waals surface area contributed by atoms with Crippen molar-refractivity contribution in [3.8, 4) is 0 Å². The first kappa shape index (κ1) is 18.8. The molecule has 1 aromatic heterocycles. The minimum absolute atomic E-state index is 0.0326. The number of carbonyl (C=O) groups excluding carboxylic acids is 2. The van der Waals surface area contributed by atoms with Crippen LogP contribution in [0.15, 0.2) is 24.4 Å². The van der Waals surface area contributed by atoms with E-state index in [0.717, 1.165) is 16.5 Å². The Morgan fingerprint density at radius 1 is 1.41 bits per heavy atom. The molecule has 0 spiro atoms. The average Bonchev–Trinajstić information content (AvgIpc) is 3.08. The first-order valence-corrected chi connectivity index (χ1v) is 8.71. The number of carbonyl (C=O) groups is 3. The number of hydrogen-bond acceptors (Lipinski definition) is 5. The van der Waals surface area contributed by atoms with E-state index in [1.165, 1.54) is 11.8 Å². The molecular formula is C18H22N4O5. The maximum Gasteiger partial charge on any atom is 0.323 e. The van der Waals surface area contributed by atoms with Crippen LogP contribution in [0.3, 0.4) is 0 Å². The number of H-pyrrole nitrogens is 1. The Morgan fingerprint density at radius 2 is 2.22 bits per heavy atom. The molecule has 1 aliphatic rings. The number of rotatable bonds is 6. The van der Waals surface area contributed by atoms with Gasteiger partial charge in [-0.25, -0.2) is 0 Å². The molecule has 9 heteroatoms. The van der Waals surface area contributed by atoms with E-state index in [9.17, 15) is 14.4 Å². The number of hydrogen-bond donors (Lipinski definition) is 2. The van der Waals surface area contributed by atoms with Crippen LogP contribution in [0.5, 0.6) is 0 Å². The van der Waals surface area contributed by atoms with Crippen LogP contribution < -0.4 is 0 Å². The predicted molar refractivity (Wildman–Crippen MR) is 96.0 cm³/mol. The maximum atomic E-state index is 12.7. The molecule has 2 heterocycles. The zero-order valence-corrected chi connectivity index (χ0v) is 15.1. The number of nitrogens with zero attached hydrogens (tertiary/aromatic N) is 3. The van der Waals surface area contributed by atoms with E-state index in [1.807, 2.05) is 18.2 Å². The summed E-state index contributed by atoms with van der Waals surface area (Å²) in [5.74, 6) is -1.45. The van der Waals surface area contributed by atoms with Gasteiger partial charge in [0.1, 0.15) is 6.54 Å². The molecule has 1 fully saturated rings. The SMILES string of the molecule is CC(=O)N(CC(=O)O)CC1CN(C(=O)Cc2ccc3cn[nH]c3c2)CCO1. The van der Waals surface area contributed by atoms with Crippen LogP contribution in [0.4, 0.5) is 0 Å². The average molecular weight is 374 g/mol. The Bertz CT molecular complexity index is 849.